The largest absolute Gasteiger partial charge is 0.326 e. The Kier molecular flexibility index (Phi) is 7.20. The summed E-state index contributed by atoms with van der Waals surface area (Å²) in [7, 11) is 0. The maximum atomic E-state index is 12.7. The highest BCUT2D eigenvalue weighted by Crippen LogP contribution is 2.30. The summed E-state index contributed by atoms with van der Waals surface area (Å²) in [6.45, 7) is 10.5. The summed E-state index contributed by atoms with van der Waals surface area (Å²) in [6.07, 6.45) is 4.22. The van der Waals surface area contributed by atoms with Crippen LogP contribution < -0.4 is 5.32 Å². The zero-order valence-corrected chi connectivity index (χ0v) is 14.9. The average molecular weight is 320 g/mol. The van der Waals surface area contributed by atoms with Crippen molar-refractivity contribution in [1.29, 1.82) is 0 Å². The van der Waals surface area contributed by atoms with E-state index in [1.807, 2.05) is 33.8 Å². The van der Waals surface area contributed by atoms with Crippen LogP contribution in [0.15, 0.2) is 22.8 Å². The molecule has 2 saturated heterocycles. The van der Waals surface area contributed by atoms with Gasteiger partial charge in [-0.1, -0.05) is 32.4 Å². The van der Waals surface area contributed by atoms with Crippen LogP contribution in [-0.4, -0.2) is 35.2 Å². The lowest BCUT2D eigenvalue weighted by atomic mass is 9.89. The van der Waals surface area contributed by atoms with Gasteiger partial charge in [-0.3, -0.25) is 19.7 Å². The molecule has 0 aromatic rings. The van der Waals surface area contributed by atoms with Crippen molar-refractivity contribution in [1.82, 2.24) is 10.2 Å². The van der Waals surface area contributed by atoms with Crippen molar-refractivity contribution < 1.29 is 14.4 Å². The number of nitrogens with one attached hydrogen (secondary N) is 1. The Morgan fingerprint density at radius 3 is 2.43 bits per heavy atom. The molecule has 0 aromatic carbocycles. The highest BCUT2D eigenvalue weighted by atomic mass is 16.2. The number of piperidine rings is 2. The smallest absolute Gasteiger partial charge is 0.254 e. The van der Waals surface area contributed by atoms with E-state index in [1.54, 1.807) is 4.90 Å². The van der Waals surface area contributed by atoms with Gasteiger partial charge in [0.2, 0.25) is 11.8 Å². The van der Waals surface area contributed by atoms with E-state index in [2.05, 4.69) is 12.2 Å². The van der Waals surface area contributed by atoms with E-state index in [-0.39, 0.29) is 17.7 Å². The second kappa shape index (κ2) is 8.65. The standard InChI is InChI=1S/C16H22N2O3.C2H6/c1-4-10(3)12-8-9-18(16(21)11(12)5-2)13-6-7-14(19)17-15(13)20;1-2/h5,13H,4,6-9H2,1-3H3,(H,17,19,20);1-2H3/b11-5+,12-10-;. The molecule has 2 aliphatic rings. The maximum Gasteiger partial charge on any atom is 0.254 e. The van der Waals surface area contributed by atoms with E-state index in [9.17, 15) is 14.4 Å². The minimum Gasteiger partial charge on any atom is -0.326 e. The molecule has 2 aliphatic heterocycles. The van der Waals surface area contributed by atoms with Gasteiger partial charge >= 0.3 is 0 Å². The molecule has 5 nitrogen and oxygen atoms in total. The average Bonchev–Trinajstić information content (AvgIpc) is 2.56. The summed E-state index contributed by atoms with van der Waals surface area (Å²) < 4.78 is 0. The highest BCUT2D eigenvalue weighted by molar-refractivity contribution is 6.05. The summed E-state index contributed by atoms with van der Waals surface area (Å²) in [6, 6.07) is -0.520. The van der Waals surface area contributed by atoms with Gasteiger partial charge in [-0.05, 0) is 38.7 Å². The Morgan fingerprint density at radius 2 is 1.91 bits per heavy atom. The Labute approximate surface area is 138 Å². The third-order valence-corrected chi connectivity index (χ3v) is 4.34. The summed E-state index contributed by atoms with van der Waals surface area (Å²) >= 11 is 0. The molecular weight excluding hydrogens is 292 g/mol. The second-order valence-electron chi connectivity index (χ2n) is 5.53. The van der Waals surface area contributed by atoms with Gasteiger partial charge in [-0.2, -0.15) is 0 Å². The van der Waals surface area contributed by atoms with Gasteiger partial charge in [-0.15, -0.1) is 0 Å². The van der Waals surface area contributed by atoms with Crippen LogP contribution in [0.25, 0.3) is 0 Å². The Morgan fingerprint density at radius 1 is 1.26 bits per heavy atom. The fourth-order valence-corrected chi connectivity index (χ4v) is 2.98. The minimum absolute atomic E-state index is 0.0963. The van der Waals surface area contributed by atoms with E-state index in [0.717, 1.165) is 18.4 Å². The molecule has 0 aliphatic carbocycles. The first-order valence-electron chi connectivity index (χ1n) is 8.49. The lowest BCUT2D eigenvalue weighted by Gasteiger charge is -2.37. The quantitative estimate of drug-likeness (QED) is 0.628. The first-order chi connectivity index (χ1) is 11.0. The number of likely N-dealkylation sites (tertiary alicyclic amines) is 1. The molecule has 1 unspecified atom stereocenters. The minimum atomic E-state index is -0.520. The number of carbonyl (C=O) groups excluding carboxylic acids is 3. The first kappa shape index (κ1) is 19.1. The number of carbonyl (C=O) groups is 3. The monoisotopic (exact) mass is 320 g/mol. The number of imide groups is 1. The van der Waals surface area contributed by atoms with Crippen LogP contribution in [0.5, 0.6) is 0 Å². The molecule has 0 bridgehead atoms. The number of hydrogen-bond acceptors (Lipinski definition) is 3. The molecule has 0 aromatic heterocycles. The summed E-state index contributed by atoms with van der Waals surface area (Å²) in [5.74, 6) is -0.704. The van der Waals surface area contributed by atoms with Crippen LogP contribution in [-0.2, 0) is 14.4 Å². The molecule has 5 heteroatoms. The van der Waals surface area contributed by atoms with E-state index in [1.165, 1.54) is 5.57 Å². The molecule has 128 valence electrons. The fraction of sp³-hybridized carbons (Fsp3) is 0.611. The van der Waals surface area contributed by atoms with Crippen LogP contribution in [0.2, 0.25) is 0 Å². The van der Waals surface area contributed by atoms with Gasteiger partial charge in [0.25, 0.3) is 5.91 Å². The van der Waals surface area contributed by atoms with Gasteiger partial charge in [0.15, 0.2) is 0 Å². The number of rotatable bonds is 2. The van der Waals surface area contributed by atoms with Gasteiger partial charge in [0, 0.05) is 18.5 Å². The second-order valence-corrected chi connectivity index (χ2v) is 5.53. The molecule has 0 saturated carbocycles. The molecular formula is C18H28N2O3. The Hall–Kier alpha value is -1.91. The molecule has 1 N–H and O–H groups in total. The number of amides is 3. The predicted molar refractivity (Wildman–Crippen MR) is 90.6 cm³/mol. The van der Waals surface area contributed by atoms with Crippen molar-refractivity contribution in [2.75, 3.05) is 6.54 Å². The van der Waals surface area contributed by atoms with Crippen molar-refractivity contribution >= 4 is 17.7 Å². The first-order valence-corrected chi connectivity index (χ1v) is 8.49. The molecule has 1 atom stereocenters. The van der Waals surface area contributed by atoms with Crippen LogP contribution in [0.3, 0.4) is 0 Å². The third kappa shape index (κ3) is 4.09. The van der Waals surface area contributed by atoms with E-state index < -0.39 is 6.04 Å². The van der Waals surface area contributed by atoms with Crippen molar-refractivity contribution in [3.8, 4) is 0 Å². The summed E-state index contributed by atoms with van der Waals surface area (Å²) in [4.78, 5) is 37.5. The number of hydrogen-bond donors (Lipinski definition) is 1. The zero-order chi connectivity index (χ0) is 17.6. The van der Waals surface area contributed by atoms with Crippen molar-refractivity contribution in [2.45, 2.75) is 66.3 Å². The molecule has 2 heterocycles. The van der Waals surface area contributed by atoms with E-state index >= 15 is 0 Å². The normalized spacial score (nSPS) is 25.8. The number of nitrogens with zero attached hydrogens (tertiary/aromatic N) is 1. The molecule has 0 radical (unpaired) electrons. The Balaban J connectivity index is 0.00000127. The zero-order valence-electron chi connectivity index (χ0n) is 14.9. The van der Waals surface area contributed by atoms with Crippen molar-refractivity contribution in [2.24, 2.45) is 0 Å². The molecule has 2 rings (SSSR count). The van der Waals surface area contributed by atoms with E-state index in [4.69, 9.17) is 0 Å². The SMILES string of the molecule is C/C=C1/C(=O)N(C2CCC(=O)NC2=O)CC/C1=C(\C)CC.CC. The van der Waals surface area contributed by atoms with E-state index in [0.29, 0.717) is 25.0 Å². The lowest BCUT2D eigenvalue weighted by molar-refractivity contribution is -0.144. The summed E-state index contributed by atoms with van der Waals surface area (Å²) in [5, 5.41) is 2.32. The van der Waals surface area contributed by atoms with Gasteiger partial charge in [0.05, 0.1) is 0 Å². The van der Waals surface area contributed by atoms with Crippen LogP contribution in [0.1, 0.15) is 60.3 Å². The number of allylic oxidation sites excluding steroid dienone is 2. The third-order valence-electron chi connectivity index (χ3n) is 4.34. The summed E-state index contributed by atoms with van der Waals surface area (Å²) in [5.41, 5.74) is 3.03. The van der Waals surface area contributed by atoms with Gasteiger partial charge in [0.1, 0.15) is 6.04 Å². The maximum absolute atomic E-state index is 12.7. The lowest BCUT2D eigenvalue weighted by Crippen LogP contribution is -2.56. The highest BCUT2D eigenvalue weighted by Gasteiger charge is 2.38. The molecule has 0 spiro atoms. The van der Waals surface area contributed by atoms with Gasteiger partial charge in [-0.25, -0.2) is 0 Å². The van der Waals surface area contributed by atoms with Crippen LogP contribution in [0.4, 0.5) is 0 Å². The van der Waals surface area contributed by atoms with Gasteiger partial charge < -0.3 is 4.90 Å². The van der Waals surface area contributed by atoms with Crippen molar-refractivity contribution in [3.63, 3.8) is 0 Å². The topological polar surface area (TPSA) is 66.5 Å². The van der Waals surface area contributed by atoms with Crippen LogP contribution >= 0.6 is 0 Å². The molecule has 3 amide bonds. The van der Waals surface area contributed by atoms with Crippen molar-refractivity contribution in [3.05, 3.63) is 22.8 Å². The van der Waals surface area contributed by atoms with Crippen LogP contribution in [0, 0.1) is 0 Å². The Bertz CT molecular complexity index is 546. The fourth-order valence-electron chi connectivity index (χ4n) is 2.98. The molecule has 2 fully saturated rings. The predicted octanol–water partition coefficient (Wildman–Crippen LogP) is 2.72. The molecule has 23 heavy (non-hydrogen) atoms.